The van der Waals surface area contributed by atoms with Gasteiger partial charge in [-0.1, -0.05) is 0 Å². The van der Waals surface area contributed by atoms with Crippen molar-refractivity contribution in [2.75, 3.05) is 32.8 Å². The van der Waals surface area contributed by atoms with E-state index in [9.17, 15) is 0 Å². The maximum Gasteiger partial charge on any atom is 0.0941 e. The molecule has 0 radical (unpaired) electrons. The molecule has 0 unspecified atom stereocenters. The van der Waals surface area contributed by atoms with E-state index in [1.54, 1.807) is 11.3 Å². The molecule has 0 atom stereocenters. The second-order valence-electron chi connectivity index (χ2n) is 3.66. The van der Waals surface area contributed by atoms with Crippen molar-refractivity contribution in [3.8, 4) is 0 Å². The first-order valence-electron chi connectivity index (χ1n) is 5.32. The summed E-state index contributed by atoms with van der Waals surface area (Å²) in [5, 5.41) is 3.29. The number of ether oxygens (including phenoxy) is 1. The highest BCUT2D eigenvalue weighted by Gasteiger charge is 2.12. The van der Waals surface area contributed by atoms with Gasteiger partial charge in [0.05, 0.1) is 23.9 Å². The minimum Gasteiger partial charge on any atom is -0.379 e. The lowest BCUT2D eigenvalue weighted by Gasteiger charge is -2.25. The summed E-state index contributed by atoms with van der Waals surface area (Å²) in [5.41, 5.74) is 6.67. The van der Waals surface area contributed by atoms with Crippen molar-refractivity contribution in [3.63, 3.8) is 0 Å². The quantitative estimate of drug-likeness (QED) is 0.812. The number of nitrogens with zero attached hydrogens (tertiary/aromatic N) is 2. The molecule has 4 nitrogen and oxygen atoms in total. The normalized spacial score (nSPS) is 18.2. The molecule has 0 aromatic carbocycles. The first-order chi connectivity index (χ1) is 7.38. The van der Waals surface area contributed by atoms with Crippen LogP contribution in [0.4, 0.5) is 0 Å². The number of nitrogens with two attached hydrogens (primary N) is 1. The Kier molecular flexibility index (Phi) is 4.08. The van der Waals surface area contributed by atoms with Crippen LogP contribution in [0.1, 0.15) is 10.7 Å². The molecule has 1 aliphatic heterocycles. The third kappa shape index (κ3) is 3.24. The van der Waals surface area contributed by atoms with E-state index in [4.69, 9.17) is 10.5 Å². The van der Waals surface area contributed by atoms with Gasteiger partial charge in [0.2, 0.25) is 0 Å². The van der Waals surface area contributed by atoms with Gasteiger partial charge >= 0.3 is 0 Å². The summed E-state index contributed by atoms with van der Waals surface area (Å²) < 4.78 is 5.31. The molecule has 1 aromatic rings. The van der Waals surface area contributed by atoms with Gasteiger partial charge in [-0.3, -0.25) is 4.90 Å². The molecule has 15 heavy (non-hydrogen) atoms. The summed E-state index contributed by atoms with van der Waals surface area (Å²) >= 11 is 1.71. The highest BCUT2D eigenvalue weighted by atomic mass is 32.1. The second kappa shape index (κ2) is 5.55. The lowest BCUT2D eigenvalue weighted by atomic mass is 10.3. The van der Waals surface area contributed by atoms with Crippen molar-refractivity contribution < 1.29 is 4.74 Å². The Morgan fingerprint density at radius 2 is 2.27 bits per heavy atom. The number of hydrogen-bond acceptors (Lipinski definition) is 5. The monoisotopic (exact) mass is 227 g/mol. The first kappa shape index (κ1) is 11.0. The SMILES string of the molecule is NCCc1nc(CN2CCOCC2)cs1. The van der Waals surface area contributed by atoms with Gasteiger partial charge in [0.1, 0.15) is 0 Å². The van der Waals surface area contributed by atoms with E-state index in [1.807, 2.05) is 0 Å². The molecule has 1 aromatic heterocycles. The van der Waals surface area contributed by atoms with Crippen molar-refractivity contribution >= 4 is 11.3 Å². The first-order valence-corrected chi connectivity index (χ1v) is 6.20. The average Bonchev–Trinajstić information content (AvgIpc) is 2.68. The Hall–Kier alpha value is -0.490. The fourth-order valence-electron chi connectivity index (χ4n) is 1.65. The van der Waals surface area contributed by atoms with Crippen LogP contribution < -0.4 is 5.73 Å². The van der Waals surface area contributed by atoms with E-state index in [2.05, 4.69) is 15.3 Å². The highest BCUT2D eigenvalue weighted by Crippen LogP contribution is 2.12. The van der Waals surface area contributed by atoms with Crippen LogP contribution in [0.3, 0.4) is 0 Å². The van der Waals surface area contributed by atoms with E-state index >= 15 is 0 Å². The van der Waals surface area contributed by atoms with Crippen molar-refractivity contribution in [1.82, 2.24) is 9.88 Å². The third-order valence-corrected chi connectivity index (χ3v) is 3.40. The highest BCUT2D eigenvalue weighted by molar-refractivity contribution is 7.09. The van der Waals surface area contributed by atoms with Gasteiger partial charge in [0, 0.05) is 31.4 Å². The van der Waals surface area contributed by atoms with E-state index in [0.717, 1.165) is 44.3 Å². The molecule has 2 heterocycles. The van der Waals surface area contributed by atoms with Crippen molar-refractivity contribution in [1.29, 1.82) is 0 Å². The maximum atomic E-state index is 5.49. The smallest absolute Gasteiger partial charge is 0.0941 e. The van der Waals surface area contributed by atoms with Crippen molar-refractivity contribution in [3.05, 3.63) is 16.1 Å². The molecule has 1 saturated heterocycles. The van der Waals surface area contributed by atoms with Crippen LogP contribution in [-0.4, -0.2) is 42.7 Å². The molecule has 0 bridgehead atoms. The summed E-state index contributed by atoms with van der Waals surface area (Å²) in [7, 11) is 0. The van der Waals surface area contributed by atoms with Gasteiger partial charge in [0.25, 0.3) is 0 Å². The van der Waals surface area contributed by atoms with Crippen LogP contribution in [0, 0.1) is 0 Å². The molecular formula is C10H17N3OS. The Bertz CT molecular complexity index is 297. The predicted molar refractivity (Wildman–Crippen MR) is 61.0 cm³/mol. The average molecular weight is 227 g/mol. The van der Waals surface area contributed by atoms with Crippen molar-refractivity contribution in [2.24, 2.45) is 5.73 Å². The summed E-state index contributed by atoms with van der Waals surface area (Å²) in [5.74, 6) is 0. The lowest BCUT2D eigenvalue weighted by Crippen LogP contribution is -2.35. The zero-order valence-electron chi connectivity index (χ0n) is 8.82. The van der Waals surface area contributed by atoms with Crippen LogP contribution in [0.5, 0.6) is 0 Å². The Morgan fingerprint density at radius 1 is 1.47 bits per heavy atom. The number of rotatable bonds is 4. The molecule has 2 rings (SSSR count). The molecule has 0 saturated carbocycles. The number of hydrogen-bond donors (Lipinski definition) is 1. The topological polar surface area (TPSA) is 51.4 Å². The standard InChI is InChI=1S/C10H17N3OS/c11-2-1-10-12-9(8-15-10)7-13-3-5-14-6-4-13/h8H,1-7,11H2. The minimum atomic E-state index is 0.685. The second-order valence-corrected chi connectivity index (χ2v) is 4.60. The fourth-order valence-corrected chi connectivity index (χ4v) is 2.45. The van der Waals surface area contributed by atoms with E-state index < -0.39 is 0 Å². The number of morpholine rings is 1. The molecule has 84 valence electrons. The van der Waals surface area contributed by atoms with E-state index in [0.29, 0.717) is 6.54 Å². The van der Waals surface area contributed by atoms with Gasteiger partial charge in [0.15, 0.2) is 0 Å². The molecule has 5 heteroatoms. The number of aromatic nitrogens is 1. The van der Waals surface area contributed by atoms with Crippen LogP contribution in [0.2, 0.25) is 0 Å². The molecule has 2 N–H and O–H groups in total. The summed E-state index contributed by atoms with van der Waals surface area (Å²) in [6.07, 6.45) is 0.897. The fraction of sp³-hybridized carbons (Fsp3) is 0.700. The molecule has 0 aliphatic carbocycles. The summed E-state index contributed by atoms with van der Waals surface area (Å²) in [6, 6.07) is 0. The molecule has 0 spiro atoms. The Labute approximate surface area is 94.1 Å². The van der Waals surface area contributed by atoms with Crippen LogP contribution in [-0.2, 0) is 17.7 Å². The third-order valence-electron chi connectivity index (χ3n) is 2.45. The van der Waals surface area contributed by atoms with E-state index in [-0.39, 0.29) is 0 Å². The van der Waals surface area contributed by atoms with Gasteiger partial charge in [-0.15, -0.1) is 11.3 Å². The number of thiazole rings is 1. The largest absolute Gasteiger partial charge is 0.379 e. The molecule has 1 aliphatic rings. The zero-order chi connectivity index (χ0) is 10.5. The van der Waals surface area contributed by atoms with Crippen LogP contribution in [0.25, 0.3) is 0 Å². The van der Waals surface area contributed by atoms with Gasteiger partial charge < -0.3 is 10.5 Å². The lowest BCUT2D eigenvalue weighted by molar-refractivity contribution is 0.0337. The maximum absolute atomic E-state index is 5.49. The molecule has 0 amide bonds. The van der Waals surface area contributed by atoms with Crippen molar-refractivity contribution in [2.45, 2.75) is 13.0 Å². The van der Waals surface area contributed by atoms with Gasteiger partial charge in [-0.2, -0.15) is 0 Å². The van der Waals surface area contributed by atoms with Gasteiger partial charge in [-0.05, 0) is 6.54 Å². The predicted octanol–water partition coefficient (Wildman–Crippen LogP) is 0.476. The summed E-state index contributed by atoms with van der Waals surface area (Å²) in [4.78, 5) is 6.93. The van der Waals surface area contributed by atoms with Crippen LogP contribution >= 0.6 is 11.3 Å². The van der Waals surface area contributed by atoms with E-state index in [1.165, 1.54) is 5.69 Å². The molecular weight excluding hydrogens is 210 g/mol. The Morgan fingerprint density at radius 3 is 3.00 bits per heavy atom. The minimum absolute atomic E-state index is 0.685. The zero-order valence-corrected chi connectivity index (χ0v) is 9.63. The van der Waals surface area contributed by atoms with Crippen LogP contribution in [0.15, 0.2) is 5.38 Å². The summed E-state index contributed by atoms with van der Waals surface area (Å²) in [6.45, 7) is 5.36. The molecule has 1 fully saturated rings. The Balaban J connectivity index is 1.86. The van der Waals surface area contributed by atoms with Gasteiger partial charge in [-0.25, -0.2) is 4.98 Å².